The fourth-order valence-electron chi connectivity index (χ4n) is 2.75. The summed E-state index contributed by atoms with van der Waals surface area (Å²) in [6.07, 6.45) is 5.51. The van der Waals surface area contributed by atoms with E-state index in [1.807, 2.05) is 12.3 Å². The fraction of sp³-hybridized carbons (Fsp3) is 0.615. The van der Waals surface area contributed by atoms with Crippen LogP contribution in [0.2, 0.25) is 0 Å². The SMILES string of the molecule is NCc1ccncc1N1CCC2(CC1)OCCO2. The highest BCUT2D eigenvalue weighted by Gasteiger charge is 2.40. The van der Waals surface area contributed by atoms with Crippen molar-refractivity contribution in [3.05, 3.63) is 24.0 Å². The van der Waals surface area contributed by atoms with E-state index in [0.717, 1.165) is 50.4 Å². The van der Waals surface area contributed by atoms with E-state index >= 15 is 0 Å². The third-order valence-electron chi connectivity index (χ3n) is 3.79. The Balaban J connectivity index is 1.72. The Bertz CT molecular complexity index is 408. The Labute approximate surface area is 107 Å². The molecule has 1 aromatic heterocycles. The third-order valence-corrected chi connectivity index (χ3v) is 3.79. The zero-order chi connectivity index (χ0) is 12.4. The van der Waals surface area contributed by atoms with Gasteiger partial charge in [0.25, 0.3) is 0 Å². The van der Waals surface area contributed by atoms with Crippen molar-refractivity contribution in [1.29, 1.82) is 0 Å². The Morgan fingerprint density at radius 1 is 1.28 bits per heavy atom. The van der Waals surface area contributed by atoms with Gasteiger partial charge in [-0.1, -0.05) is 0 Å². The molecule has 0 saturated carbocycles. The number of hydrogen-bond acceptors (Lipinski definition) is 5. The van der Waals surface area contributed by atoms with Crippen LogP contribution in [0.4, 0.5) is 5.69 Å². The van der Waals surface area contributed by atoms with Gasteiger partial charge < -0.3 is 20.1 Å². The van der Waals surface area contributed by atoms with Crippen LogP contribution in [0.5, 0.6) is 0 Å². The highest BCUT2D eigenvalue weighted by molar-refractivity contribution is 5.52. The predicted octanol–water partition coefficient (Wildman–Crippen LogP) is 0.884. The number of ether oxygens (including phenoxy) is 2. The van der Waals surface area contributed by atoms with Gasteiger partial charge in [-0.15, -0.1) is 0 Å². The number of nitrogens with zero attached hydrogens (tertiary/aromatic N) is 2. The summed E-state index contributed by atoms with van der Waals surface area (Å²) in [7, 11) is 0. The molecule has 18 heavy (non-hydrogen) atoms. The van der Waals surface area contributed by atoms with E-state index in [4.69, 9.17) is 15.2 Å². The molecule has 3 heterocycles. The Morgan fingerprint density at radius 3 is 2.67 bits per heavy atom. The molecule has 98 valence electrons. The Hall–Kier alpha value is -1.17. The maximum absolute atomic E-state index is 5.77. The lowest BCUT2D eigenvalue weighted by molar-refractivity contribution is -0.169. The minimum absolute atomic E-state index is 0.318. The van der Waals surface area contributed by atoms with Crippen LogP contribution in [0.3, 0.4) is 0 Å². The topological polar surface area (TPSA) is 60.6 Å². The van der Waals surface area contributed by atoms with Crippen LogP contribution in [0.1, 0.15) is 18.4 Å². The summed E-state index contributed by atoms with van der Waals surface area (Å²) >= 11 is 0. The average molecular weight is 249 g/mol. The van der Waals surface area contributed by atoms with Gasteiger partial charge in [0.1, 0.15) is 0 Å². The summed E-state index contributed by atoms with van der Waals surface area (Å²) in [4.78, 5) is 6.52. The molecule has 1 aromatic rings. The molecule has 0 aromatic carbocycles. The van der Waals surface area contributed by atoms with Crippen molar-refractivity contribution in [3.63, 3.8) is 0 Å². The number of nitrogens with two attached hydrogens (primary N) is 1. The molecular weight excluding hydrogens is 230 g/mol. The largest absolute Gasteiger partial charge is 0.370 e. The molecule has 2 fully saturated rings. The lowest BCUT2D eigenvalue weighted by Gasteiger charge is -2.39. The molecule has 0 radical (unpaired) electrons. The molecule has 0 bridgehead atoms. The zero-order valence-electron chi connectivity index (χ0n) is 10.5. The van der Waals surface area contributed by atoms with Gasteiger partial charge in [-0.3, -0.25) is 4.98 Å². The molecule has 0 aliphatic carbocycles. The van der Waals surface area contributed by atoms with Gasteiger partial charge in [-0.25, -0.2) is 0 Å². The van der Waals surface area contributed by atoms with Gasteiger partial charge >= 0.3 is 0 Å². The minimum Gasteiger partial charge on any atom is -0.370 e. The second-order valence-corrected chi connectivity index (χ2v) is 4.80. The van der Waals surface area contributed by atoms with Crippen molar-refractivity contribution in [2.45, 2.75) is 25.2 Å². The molecule has 2 aliphatic rings. The number of piperidine rings is 1. The van der Waals surface area contributed by atoms with E-state index < -0.39 is 0 Å². The molecule has 0 unspecified atom stereocenters. The van der Waals surface area contributed by atoms with Crippen molar-refractivity contribution < 1.29 is 9.47 Å². The molecule has 5 heteroatoms. The first kappa shape index (κ1) is 11.9. The van der Waals surface area contributed by atoms with Crippen LogP contribution < -0.4 is 10.6 Å². The van der Waals surface area contributed by atoms with Gasteiger partial charge in [0.05, 0.1) is 25.1 Å². The van der Waals surface area contributed by atoms with E-state index in [1.54, 1.807) is 6.20 Å². The predicted molar refractivity (Wildman–Crippen MR) is 68.2 cm³/mol. The standard InChI is InChI=1S/C13H19N3O2/c14-9-11-1-4-15-10-12(11)16-5-2-13(3-6-16)17-7-8-18-13/h1,4,10H,2-3,5-9,14H2. The fourth-order valence-corrected chi connectivity index (χ4v) is 2.75. The summed E-state index contributed by atoms with van der Waals surface area (Å²) in [6, 6.07) is 1.99. The van der Waals surface area contributed by atoms with Crippen molar-refractivity contribution in [1.82, 2.24) is 4.98 Å². The number of aromatic nitrogens is 1. The molecule has 0 atom stereocenters. The second-order valence-electron chi connectivity index (χ2n) is 4.80. The van der Waals surface area contributed by atoms with Crippen molar-refractivity contribution in [2.24, 2.45) is 5.73 Å². The highest BCUT2D eigenvalue weighted by Crippen LogP contribution is 2.33. The first-order chi connectivity index (χ1) is 8.83. The van der Waals surface area contributed by atoms with Gasteiger partial charge in [-0.05, 0) is 11.6 Å². The first-order valence-corrected chi connectivity index (χ1v) is 6.49. The maximum atomic E-state index is 5.77. The molecule has 2 N–H and O–H groups in total. The molecule has 1 spiro atoms. The summed E-state index contributed by atoms with van der Waals surface area (Å²) < 4.78 is 11.5. The zero-order valence-corrected chi connectivity index (χ0v) is 10.5. The average Bonchev–Trinajstić information content (AvgIpc) is 2.88. The van der Waals surface area contributed by atoms with E-state index in [0.29, 0.717) is 6.54 Å². The normalized spacial score (nSPS) is 22.6. The lowest BCUT2D eigenvalue weighted by Crippen LogP contribution is -2.45. The van der Waals surface area contributed by atoms with E-state index in [9.17, 15) is 0 Å². The van der Waals surface area contributed by atoms with E-state index in [2.05, 4.69) is 9.88 Å². The summed E-state index contributed by atoms with van der Waals surface area (Å²) in [5.74, 6) is -0.318. The Morgan fingerprint density at radius 2 is 2.00 bits per heavy atom. The van der Waals surface area contributed by atoms with Gasteiger partial charge in [0, 0.05) is 38.7 Å². The van der Waals surface area contributed by atoms with Crippen molar-refractivity contribution >= 4 is 5.69 Å². The van der Waals surface area contributed by atoms with E-state index in [-0.39, 0.29) is 5.79 Å². The number of pyridine rings is 1. The molecule has 3 rings (SSSR count). The van der Waals surface area contributed by atoms with Gasteiger partial charge in [-0.2, -0.15) is 0 Å². The summed E-state index contributed by atoms with van der Waals surface area (Å²) in [5.41, 5.74) is 8.06. The minimum atomic E-state index is -0.318. The number of hydrogen-bond donors (Lipinski definition) is 1. The van der Waals surface area contributed by atoms with Crippen LogP contribution in [0.15, 0.2) is 18.5 Å². The van der Waals surface area contributed by atoms with Crippen molar-refractivity contribution in [2.75, 3.05) is 31.2 Å². The smallest absolute Gasteiger partial charge is 0.171 e. The van der Waals surface area contributed by atoms with Crippen LogP contribution in [-0.2, 0) is 16.0 Å². The quantitative estimate of drug-likeness (QED) is 0.843. The molecule has 5 nitrogen and oxygen atoms in total. The van der Waals surface area contributed by atoms with Gasteiger partial charge in [0.15, 0.2) is 5.79 Å². The number of anilines is 1. The molecule has 2 saturated heterocycles. The monoisotopic (exact) mass is 249 g/mol. The second kappa shape index (κ2) is 4.84. The van der Waals surface area contributed by atoms with Crippen LogP contribution >= 0.6 is 0 Å². The molecule has 2 aliphatic heterocycles. The summed E-state index contributed by atoms with van der Waals surface area (Å²) in [5, 5.41) is 0. The van der Waals surface area contributed by atoms with Gasteiger partial charge in [0.2, 0.25) is 0 Å². The first-order valence-electron chi connectivity index (χ1n) is 6.49. The number of rotatable bonds is 2. The molecular formula is C13H19N3O2. The van der Waals surface area contributed by atoms with Crippen molar-refractivity contribution in [3.8, 4) is 0 Å². The Kier molecular flexibility index (Phi) is 3.20. The van der Waals surface area contributed by atoms with E-state index in [1.165, 1.54) is 0 Å². The third kappa shape index (κ3) is 2.09. The summed E-state index contributed by atoms with van der Waals surface area (Å²) in [6.45, 7) is 3.85. The highest BCUT2D eigenvalue weighted by atomic mass is 16.7. The van der Waals surface area contributed by atoms with Crippen LogP contribution in [0, 0.1) is 0 Å². The molecule has 0 amide bonds. The van der Waals surface area contributed by atoms with Crippen LogP contribution in [-0.4, -0.2) is 37.1 Å². The maximum Gasteiger partial charge on any atom is 0.171 e. The van der Waals surface area contributed by atoms with Crippen LogP contribution in [0.25, 0.3) is 0 Å². The lowest BCUT2D eigenvalue weighted by atomic mass is 10.0.